The van der Waals surface area contributed by atoms with Crippen LogP contribution in [0.1, 0.15) is 227 Å². The fourth-order valence-electron chi connectivity index (χ4n) is 11.9. The van der Waals surface area contributed by atoms with Crippen molar-refractivity contribution < 1.29 is 28.6 Å². The number of carbonyl (C=O) groups excluding carboxylic acids is 3. The monoisotopic (exact) mass is 788 g/mol. The molecule has 0 amide bonds. The van der Waals surface area contributed by atoms with Gasteiger partial charge in [0.05, 0.1) is 19.8 Å². The Morgan fingerprint density at radius 1 is 0.518 bits per heavy atom. The lowest BCUT2D eigenvalue weighted by atomic mass is 9.49. The van der Waals surface area contributed by atoms with Crippen LogP contribution in [-0.2, 0) is 28.6 Å². The third kappa shape index (κ3) is 18.1. The maximum Gasteiger partial charge on any atom is 0.305 e. The summed E-state index contributed by atoms with van der Waals surface area (Å²) >= 11 is 0. The predicted molar refractivity (Wildman–Crippen MR) is 230 cm³/mol. The average molecular weight is 788 g/mol. The highest BCUT2D eigenvalue weighted by Gasteiger charge is 2.58. The van der Waals surface area contributed by atoms with E-state index in [9.17, 15) is 14.4 Å². The van der Waals surface area contributed by atoms with Gasteiger partial charge in [-0.1, -0.05) is 105 Å². The van der Waals surface area contributed by atoms with Gasteiger partial charge in [0.2, 0.25) is 0 Å². The molecule has 0 saturated heterocycles. The number of fused-ring (bicyclic) bond motifs is 1. The van der Waals surface area contributed by atoms with Gasteiger partial charge in [-0.05, 0) is 150 Å². The van der Waals surface area contributed by atoms with Crippen molar-refractivity contribution in [3.05, 3.63) is 0 Å². The van der Waals surface area contributed by atoms with E-state index in [-0.39, 0.29) is 23.3 Å². The minimum Gasteiger partial charge on any atom is -0.466 e. The molecule has 4 bridgehead atoms. The first-order valence-corrected chi connectivity index (χ1v) is 24.3. The molecular formula is C49H89NO6. The second-order valence-corrected chi connectivity index (χ2v) is 19.1. The van der Waals surface area contributed by atoms with Crippen LogP contribution in [0.25, 0.3) is 0 Å². The van der Waals surface area contributed by atoms with Gasteiger partial charge in [-0.25, -0.2) is 0 Å². The number of esters is 3. The van der Waals surface area contributed by atoms with Gasteiger partial charge in [0.1, 0.15) is 0 Å². The summed E-state index contributed by atoms with van der Waals surface area (Å²) in [6.45, 7) is 15.7. The lowest BCUT2D eigenvalue weighted by Crippen LogP contribution is -2.45. The van der Waals surface area contributed by atoms with Gasteiger partial charge < -0.3 is 19.1 Å². The van der Waals surface area contributed by atoms with E-state index in [4.69, 9.17) is 14.2 Å². The van der Waals surface area contributed by atoms with Gasteiger partial charge in [-0.3, -0.25) is 14.4 Å². The molecule has 0 aromatic heterocycles. The standard InChI is InChI=1S/C49H89NO6/c1-6-11-12-13-14-15-25-44(51)54-34-19-28-47-31-32-48(29-20-35-56-46(53)27-18-33-50(9-4)10-5)38-43(37-47)39-49(40-47,41-48)30-21-36-55-45(52)26-17-16-24-42(22-7-2)23-8-3/h42-43H,6-41H2,1-5H3. The molecule has 4 fully saturated rings. The quantitative estimate of drug-likeness (QED) is 0.0365. The predicted octanol–water partition coefficient (Wildman–Crippen LogP) is 13.0. The van der Waals surface area contributed by atoms with E-state index >= 15 is 0 Å². The molecule has 7 heteroatoms. The molecule has 326 valence electrons. The van der Waals surface area contributed by atoms with Gasteiger partial charge in [-0.2, -0.15) is 0 Å². The highest BCUT2D eigenvalue weighted by Crippen LogP contribution is 2.69. The summed E-state index contributed by atoms with van der Waals surface area (Å²) in [6, 6.07) is 0. The molecule has 0 N–H and O–H groups in total. The maximum absolute atomic E-state index is 12.7. The van der Waals surface area contributed by atoms with Gasteiger partial charge >= 0.3 is 17.9 Å². The lowest BCUT2D eigenvalue weighted by Gasteiger charge is -2.56. The molecule has 7 nitrogen and oxygen atoms in total. The average Bonchev–Trinajstić information content (AvgIpc) is 3.34. The van der Waals surface area contributed by atoms with E-state index in [1.165, 1.54) is 103 Å². The fraction of sp³-hybridized carbons (Fsp3) is 0.939. The zero-order chi connectivity index (χ0) is 40.5. The van der Waals surface area contributed by atoms with Crippen molar-refractivity contribution in [2.45, 2.75) is 227 Å². The topological polar surface area (TPSA) is 82.1 Å². The summed E-state index contributed by atoms with van der Waals surface area (Å²) in [5.41, 5.74) is 0.908. The number of rotatable bonds is 34. The first-order valence-electron chi connectivity index (χ1n) is 24.3. The molecule has 0 spiro atoms. The second kappa shape index (κ2) is 27.2. The van der Waals surface area contributed by atoms with Crippen LogP contribution in [0.5, 0.6) is 0 Å². The Kier molecular flexibility index (Phi) is 23.7. The second-order valence-electron chi connectivity index (χ2n) is 19.1. The normalized spacial score (nSPS) is 24.2. The lowest BCUT2D eigenvalue weighted by molar-refractivity contribution is -0.145. The molecule has 0 aliphatic heterocycles. The van der Waals surface area contributed by atoms with Crippen LogP contribution in [0.4, 0.5) is 0 Å². The smallest absolute Gasteiger partial charge is 0.305 e. The van der Waals surface area contributed by atoms with E-state index in [0.29, 0.717) is 49.9 Å². The first kappa shape index (κ1) is 48.7. The molecule has 0 heterocycles. The molecule has 0 radical (unpaired) electrons. The Morgan fingerprint density at radius 2 is 0.964 bits per heavy atom. The van der Waals surface area contributed by atoms with Crippen LogP contribution in [-0.4, -0.2) is 62.3 Å². The van der Waals surface area contributed by atoms with Crippen LogP contribution in [0.15, 0.2) is 0 Å². The van der Waals surface area contributed by atoms with Crippen molar-refractivity contribution >= 4 is 17.9 Å². The molecule has 56 heavy (non-hydrogen) atoms. The minimum absolute atomic E-state index is 0.0168. The van der Waals surface area contributed by atoms with Gasteiger partial charge in [-0.15, -0.1) is 0 Å². The van der Waals surface area contributed by atoms with Crippen molar-refractivity contribution in [2.24, 2.45) is 28.1 Å². The Morgan fingerprint density at radius 3 is 1.46 bits per heavy atom. The summed E-state index contributed by atoms with van der Waals surface area (Å²) in [5, 5.41) is 0. The van der Waals surface area contributed by atoms with Crippen molar-refractivity contribution in [1.29, 1.82) is 0 Å². The third-order valence-corrected chi connectivity index (χ3v) is 14.3. The molecule has 4 rings (SSSR count). The van der Waals surface area contributed by atoms with E-state index < -0.39 is 0 Å². The Balaban J connectivity index is 1.52. The summed E-state index contributed by atoms with van der Waals surface area (Å²) in [7, 11) is 0. The van der Waals surface area contributed by atoms with Gasteiger partial charge in [0.25, 0.3) is 0 Å². The third-order valence-electron chi connectivity index (χ3n) is 14.3. The minimum atomic E-state index is -0.0471. The fourth-order valence-corrected chi connectivity index (χ4v) is 11.9. The largest absolute Gasteiger partial charge is 0.466 e. The van der Waals surface area contributed by atoms with Crippen LogP contribution in [0.2, 0.25) is 0 Å². The first-order chi connectivity index (χ1) is 27.1. The number of carbonyl (C=O) groups is 3. The highest BCUT2D eigenvalue weighted by molar-refractivity contribution is 5.69. The molecule has 0 aromatic carbocycles. The van der Waals surface area contributed by atoms with Crippen molar-refractivity contribution in [3.63, 3.8) is 0 Å². The van der Waals surface area contributed by atoms with Crippen LogP contribution < -0.4 is 0 Å². The number of hydrogen-bond acceptors (Lipinski definition) is 7. The van der Waals surface area contributed by atoms with E-state index in [0.717, 1.165) is 102 Å². The zero-order valence-electron chi connectivity index (χ0n) is 37.5. The summed E-state index contributed by atoms with van der Waals surface area (Å²) in [5.74, 6) is 1.45. The SMILES string of the molecule is CCCCCCCCC(=O)OCCCC12CCC3(CCCOC(=O)CCCN(CC)CC)CC(C1)CC(CCCOC(=O)CCCCC(CCC)CCC)(C2)C3. The van der Waals surface area contributed by atoms with E-state index in [1.807, 2.05) is 0 Å². The van der Waals surface area contributed by atoms with Crippen molar-refractivity contribution in [2.75, 3.05) is 39.5 Å². The molecular weight excluding hydrogens is 699 g/mol. The van der Waals surface area contributed by atoms with Crippen LogP contribution >= 0.6 is 0 Å². The number of hydrogen-bond donors (Lipinski definition) is 0. The van der Waals surface area contributed by atoms with Gasteiger partial charge in [0.15, 0.2) is 0 Å². The molecule has 4 unspecified atom stereocenters. The van der Waals surface area contributed by atoms with E-state index in [2.05, 4.69) is 39.5 Å². The number of unbranched alkanes of at least 4 members (excludes halogenated alkanes) is 6. The number of ether oxygens (including phenoxy) is 3. The molecule has 4 aliphatic rings. The summed E-state index contributed by atoms with van der Waals surface area (Å²) in [4.78, 5) is 40.2. The highest BCUT2D eigenvalue weighted by atomic mass is 16.5. The molecule has 4 atom stereocenters. The van der Waals surface area contributed by atoms with Crippen LogP contribution in [0.3, 0.4) is 0 Å². The Labute approximate surface area is 345 Å². The Bertz CT molecular complexity index is 1090. The van der Waals surface area contributed by atoms with Crippen LogP contribution in [0, 0.1) is 28.1 Å². The van der Waals surface area contributed by atoms with Crippen molar-refractivity contribution in [1.82, 2.24) is 4.90 Å². The van der Waals surface area contributed by atoms with E-state index in [1.54, 1.807) is 0 Å². The number of nitrogens with zero attached hydrogens (tertiary/aromatic N) is 1. The summed E-state index contributed by atoms with van der Waals surface area (Å²) < 4.78 is 17.4. The maximum atomic E-state index is 12.7. The molecule has 4 saturated carbocycles. The Hall–Kier alpha value is -1.63. The molecule has 4 aliphatic carbocycles. The molecule has 0 aromatic rings. The zero-order valence-corrected chi connectivity index (χ0v) is 37.5. The van der Waals surface area contributed by atoms with Gasteiger partial charge in [0, 0.05) is 19.3 Å². The van der Waals surface area contributed by atoms with Crippen molar-refractivity contribution in [3.8, 4) is 0 Å². The summed E-state index contributed by atoms with van der Waals surface area (Å²) in [6.07, 6.45) is 33.2.